The molecule has 0 saturated carbocycles. The Hall–Kier alpha value is -2.18. The molecule has 7 nitrogen and oxygen atoms in total. The number of hydrogen-bond donors (Lipinski definition) is 0. The molecule has 22 heavy (non-hydrogen) atoms. The van der Waals surface area contributed by atoms with Crippen LogP contribution in [0.3, 0.4) is 0 Å². The second kappa shape index (κ2) is 6.29. The minimum Gasteiger partial charge on any atom is -0.334 e. The first-order valence-electron chi connectivity index (χ1n) is 7.81. The van der Waals surface area contributed by atoms with E-state index >= 15 is 0 Å². The molecule has 7 heteroatoms. The highest BCUT2D eigenvalue weighted by molar-refractivity contribution is 5.94. The molecule has 1 atom stereocenters. The summed E-state index contributed by atoms with van der Waals surface area (Å²) in [6.45, 7) is 6.60. The molecule has 0 unspecified atom stereocenters. The van der Waals surface area contributed by atoms with Gasteiger partial charge < -0.3 is 4.90 Å². The molecular formula is C15H22N6O. The van der Waals surface area contributed by atoms with E-state index in [0.717, 1.165) is 25.9 Å². The van der Waals surface area contributed by atoms with Crippen LogP contribution in [0.1, 0.15) is 37.0 Å². The van der Waals surface area contributed by atoms with Crippen LogP contribution in [0, 0.1) is 5.92 Å². The summed E-state index contributed by atoms with van der Waals surface area (Å²) in [6, 6.07) is 0.183. The van der Waals surface area contributed by atoms with Gasteiger partial charge in [0.15, 0.2) is 0 Å². The Bertz CT molecular complexity index is 618. The lowest BCUT2D eigenvalue weighted by Crippen LogP contribution is -2.38. The summed E-state index contributed by atoms with van der Waals surface area (Å²) in [6.07, 6.45) is 9.07. The van der Waals surface area contributed by atoms with Crippen molar-refractivity contribution < 1.29 is 4.79 Å². The largest absolute Gasteiger partial charge is 0.334 e. The first-order valence-corrected chi connectivity index (χ1v) is 7.81. The van der Waals surface area contributed by atoms with E-state index in [9.17, 15) is 4.79 Å². The number of carbonyl (C=O) groups excluding carboxylic acids is 1. The molecule has 0 bridgehead atoms. The number of likely N-dealkylation sites (tertiary alicyclic amines) is 1. The SMILES string of the molecule is CC(C)Cn1cc(C(=O)N2CCC[C@H]2Cn2ccnn2)cn1. The zero-order chi connectivity index (χ0) is 15.5. The van der Waals surface area contributed by atoms with Gasteiger partial charge in [0.05, 0.1) is 30.5 Å². The van der Waals surface area contributed by atoms with Gasteiger partial charge in [0.2, 0.25) is 0 Å². The van der Waals surface area contributed by atoms with E-state index in [1.807, 2.05) is 22.0 Å². The van der Waals surface area contributed by atoms with Crippen LogP contribution in [0.4, 0.5) is 0 Å². The number of aromatic nitrogens is 5. The third-order valence-corrected chi connectivity index (χ3v) is 3.94. The second-order valence-electron chi connectivity index (χ2n) is 6.26. The van der Waals surface area contributed by atoms with Crippen LogP contribution in [0.25, 0.3) is 0 Å². The lowest BCUT2D eigenvalue weighted by molar-refractivity contribution is 0.0721. The van der Waals surface area contributed by atoms with Gasteiger partial charge in [-0.2, -0.15) is 5.10 Å². The molecule has 0 N–H and O–H groups in total. The summed E-state index contributed by atoms with van der Waals surface area (Å²) in [4.78, 5) is 14.7. The highest BCUT2D eigenvalue weighted by atomic mass is 16.2. The molecule has 1 fully saturated rings. The molecule has 0 aromatic carbocycles. The molecular weight excluding hydrogens is 280 g/mol. The molecule has 0 aliphatic carbocycles. The first kappa shape index (κ1) is 14.7. The normalized spacial score (nSPS) is 18.3. The Morgan fingerprint density at radius 2 is 2.27 bits per heavy atom. The van der Waals surface area contributed by atoms with Gasteiger partial charge in [-0.3, -0.25) is 14.2 Å². The quantitative estimate of drug-likeness (QED) is 0.838. The smallest absolute Gasteiger partial charge is 0.257 e. The number of hydrogen-bond acceptors (Lipinski definition) is 4. The molecule has 118 valence electrons. The van der Waals surface area contributed by atoms with E-state index in [1.54, 1.807) is 17.1 Å². The molecule has 3 rings (SSSR count). The van der Waals surface area contributed by atoms with E-state index in [2.05, 4.69) is 29.3 Å². The van der Waals surface area contributed by atoms with Gasteiger partial charge in [-0.05, 0) is 18.8 Å². The number of carbonyl (C=O) groups is 1. The van der Waals surface area contributed by atoms with Crippen molar-refractivity contribution in [3.05, 3.63) is 30.4 Å². The van der Waals surface area contributed by atoms with Crippen LogP contribution in [-0.4, -0.2) is 48.2 Å². The van der Waals surface area contributed by atoms with Gasteiger partial charge in [-0.1, -0.05) is 19.1 Å². The Morgan fingerprint density at radius 3 is 3.00 bits per heavy atom. The average Bonchev–Trinajstić information content (AvgIpc) is 3.19. The van der Waals surface area contributed by atoms with E-state index in [-0.39, 0.29) is 11.9 Å². The molecule has 2 aromatic heterocycles. The maximum atomic E-state index is 12.7. The van der Waals surface area contributed by atoms with E-state index < -0.39 is 0 Å². The Labute approximate surface area is 129 Å². The lowest BCUT2D eigenvalue weighted by atomic mass is 10.2. The van der Waals surface area contributed by atoms with Crippen LogP contribution in [-0.2, 0) is 13.1 Å². The fourth-order valence-electron chi connectivity index (χ4n) is 2.95. The number of amides is 1. The van der Waals surface area contributed by atoms with Gasteiger partial charge in [-0.15, -0.1) is 5.10 Å². The van der Waals surface area contributed by atoms with Gasteiger partial charge in [0.1, 0.15) is 0 Å². The summed E-state index contributed by atoms with van der Waals surface area (Å²) >= 11 is 0. The molecule has 3 heterocycles. The minimum atomic E-state index is 0.0672. The maximum Gasteiger partial charge on any atom is 0.257 e. The Kier molecular flexibility index (Phi) is 4.22. The van der Waals surface area contributed by atoms with Crippen molar-refractivity contribution >= 4 is 5.91 Å². The van der Waals surface area contributed by atoms with E-state index in [1.165, 1.54) is 0 Å². The molecule has 1 aliphatic heterocycles. The summed E-state index contributed by atoms with van der Waals surface area (Å²) in [5.74, 6) is 0.576. The van der Waals surface area contributed by atoms with Gasteiger partial charge in [0.25, 0.3) is 5.91 Å². The van der Waals surface area contributed by atoms with E-state index in [4.69, 9.17) is 0 Å². The Morgan fingerprint density at radius 1 is 1.41 bits per heavy atom. The predicted octanol–water partition coefficient (Wildman–Crippen LogP) is 1.44. The van der Waals surface area contributed by atoms with Crippen molar-refractivity contribution in [2.24, 2.45) is 5.92 Å². The topological polar surface area (TPSA) is 68.8 Å². The van der Waals surface area contributed by atoms with Crippen LogP contribution in [0.15, 0.2) is 24.8 Å². The van der Waals surface area contributed by atoms with Crippen molar-refractivity contribution in [1.82, 2.24) is 29.7 Å². The van der Waals surface area contributed by atoms with E-state index in [0.29, 0.717) is 18.0 Å². The molecule has 2 aromatic rings. The highest BCUT2D eigenvalue weighted by Gasteiger charge is 2.30. The van der Waals surface area contributed by atoms with Gasteiger partial charge in [-0.25, -0.2) is 0 Å². The number of nitrogens with zero attached hydrogens (tertiary/aromatic N) is 6. The van der Waals surface area contributed by atoms with Crippen LogP contribution in [0.2, 0.25) is 0 Å². The van der Waals surface area contributed by atoms with Crippen LogP contribution < -0.4 is 0 Å². The summed E-state index contributed by atoms with van der Waals surface area (Å²) in [7, 11) is 0. The zero-order valence-electron chi connectivity index (χ0n) is 13.1. The van der Waals surface area contributed by atoms with Crippen LogP contribution >= 0.6 is 0 Å². The van der Waals surface area contributed by atoms with Crippen molar-refractivity contribution in [2.45, 2.75) is 45.8 Å². The molecule has 0 radical (unpaired) electrons. The average molecular weight is 302 g/mol. The van der Waals surface area contributed by atoms with Crippen LogP contribution in [0.5, 0.6) is 0 Å². The fraction of sp³-hybridized carbons (Fsp3) is 0.600. The first-order chi connectivity index (χ1) is 10.6. The van der Waals surface area contributed by atoms with Crippen molar-refractivity contribution in [3.8, 4) is 0 Å². The highest BCUT2D eigenvalue weighted by Crippen LogP contribution is 2.21. The van der Waals surface area contributed by atoms with Crippen molar-refractivity contribution in [2.75, 3.05) is 6.54 Å². The molecule has 1 amide bonds. The van der Waals surface area contributed by atoms with Crippen molar-refractivity contribution in [3.63, 3.8) is 0 Å². The summed E-state index contributed by atoms with van der Waals surface area (Å²) in [5.41, 5.74) is 0.672. The third-order valence-electron chi connectivity index (χ3n) is 3.94. The molecule has 1 saturated heterocycles. The zero-order valence-corrected chi connectivity index (χ0v) is 13.1. The van der Waals surface area contributed by atoms with Crippen molar-refractivity contribution in [1.29, 1.82) is 0 Å². The Balaban J connectivity index is 1.69. The maximum absolute atomic E-state index is 12.7. The predicted molar refractivity (Wildman–Crippen MR) is 81.1 cm³/mol. The minimum absolute atomic E-state index is 0.0672. The monoisotopic (exact) mass is 302 g/mol. The van der Waals surface area contributed by atoms with Gasteiger partial charge >= 0.3 is 0 Å². The fourth-order valence-corrected chi connectivity index (χ4v) is 2.95. The summed E-state index contributed by atoms with van der Waals surface area (Å²) < 4.78 is 3.64. The van der Waals surface area contributed by atoms with Gasteiger partial charge in [0, 0.05) is 25.5 Å². The molecule has 0 spiro atoms. The lowest BCUT2D eigenvalue weighted by Gasteiger charge is -2.24. The number of rotatable bonds is 5. The standard InChI is InChI=1S/C15H22N6O/c1-12(2)9-20-10-13(8-17-20)15(22)21-6-3-4-14(21)11-19-7-5-16-18-19/h5,7-8,10,12,14H,3-4,6,9,11H2,1-2H3/t14-/m0/s1. The second-order valence-corrected chi connectivity index (χ2v) is 6.26. The third kappa shape index (κ3) is 3.18. The summed E-state index contributed by atoms with van der Waals surface area (Å²) in [5, 5.41) is 12.1. The molecule has 1 aliphatic rings.